The highest BCUT2D eigenvalue weighted by molar-refractivity contribution is 9.10. The molecule has 0 fully saturated rings. The first-order valence-electron chi connectivity index (χ1n) is 8.83. The van der Waals surface area contributed by atoms with Crippen molar-refractivity contribution in [2.24, 2.45) is 19.3 Å². The molecule has 30 heavy (non-hydrogen) atoms. The Hall–Kier alpha value is -2.60. The average molecular weight is 501 g/mol. The predicted molar refractivity (Wildman–Crippen MR) is 112 cm³/mol. The van der Waals surface area contributed by atoms with Gasteiger partial charge in [0.25, 0.3) is 0 Å². The number of esters is 1. The summed E-state index contributed by atoms with van der Waals surface area (Å²) in [6.07, 6.45) is 0.0568. The Labute approximate surface area is 183 Å². The molecular formula is C18H18BrFN4O5S. The van der Waals surface area contributed by atoms with Crippen LogP contribution in [0.4, 0.5) is 4.39 Å². The van der Waals surface area contributed by atoms with Crippen LogP contribution in [0.5, 0.6) is 0 Å². The van der Waals surface area contributed by atoms with Crippen LogP contribution in [0.1, 0.15) is 25.8 Å². The van der Waals surface area contributed by atoms with Crippen molar-refractivity contribution in [3.05, 3.63) is 53.7 Å². The minimum absolute atomic E-state index is 0.00207. The summed E-state index contributed by atoms with van der Waals surface area (Å²) in [6.45, 7) is 3.38. The van der Waals surface area contributed by atoms with Gasteiger partial charge in [-0.25, -0.2) is 23.3 Å². The number of hydrogen-bond acceptors (Lipinski definition) is 7. The van der Waals surface area contributed by atoms with Gasteiger partial charge in [0, 0.05) is 30.6 Å². The quantitative estimate of drug-likeness (QED) is 0.470. The first kappa shape index (κ1) is 22.1. The zero-order valence-electron chi connectivity index (χ0n) is 16.6. The molecule has 1 aromatic carbocycles. The molecule has 3 rings (SSSR count). The van der Waals surface area contributed by atoms with E-state index in [9.17, 15) is 18.8 Å². The van der Waals surface area contributed by atoms with E-state index in [0.29, 0.717) is 20.3 Å². The molecular weight excluding hydrogens is 483 g/mol. The van der Waals surface area contributed by atoms with E-state index in [-0.39, 0.29) is 23.5 Å². The van der Waals surface area contributed by atoms with Gasteiger partial charge in [-0.3, -0.25) is 9.13 Å². The first-order valence-corrected chi connectivity index (χ1v) is 10.0. The molecule has 1 aliphatic rings. The van der Waals surface area contributed by atoms with Crippen molar-refractivity contribution in [2.75, 3.05) is 6.61 Å². The van der Waals surface area contributed by atoms with Crippen LogP contribution in [0.25, 0.3) is 5.69 Å². The Balaban J connectivity index is 2.15. The molecule has 1 aromatic heterocycles. The molecule has 0 radical (unpaired) electrons. The Morgan fingerprint density at radius 1 is 1.33 bits per heavy atom. The molecule has 0 saturated heterocycles. The lowest BCUT2D eigenvalue weighted by Crippen LogP contribution is -2.44. The largest absolute Gasteiger partial charge is 0.463 e. The summed E-state index contributed by atoms with van der Waals surface area (Å²) in [5.41, 5.74) is -2.52. The molecule has 1 aliphatic heterocycles. The molecule has 2 heterocycles. The summed E-state index contributed by atoms with van der Waals surface area (Å²) in [5.74, 6) is -1.39. The van der Waals surface area contributed by atoms with Crippen LogP contribution in [0.3, 0.4) is 0 Å². The van der Waals surface area contributed by atoms with Crippen LogP contribution in [-0.2, 0) is 28.5 Å². The van der Waals surface area contributed by atoms with Gasteiger partial charge in [0.2, 0.25) is 5.60 Å². The molecule has 9 nitrogen and oxygen atoms in total. The SMILES string of the molecule is CCOC(=O)[C@]1(C)CC(c2cc(-n3c(=O)n(C)c(=S)n(C)c3=O)c(F)cc2Br)=NO1. The number of aromatic nitrogens is 3. The number of ether oxygens (including phenoxy) is 1. The third kappa shape index (κ3) is 3.54. The maximum Gasteiger partial charge on any atom is 0.353 e. The first-order chi connectivity index (χ1) is 14.0. The molecule has 0 unspecified atom stereocenters. The van der Waals surface area contributed by atoms with E-state index in [1.165, 1.54) is 27.1 Å². The lowest BCUT2D eigenvalue weighted by atomic mass is 9.95. The van der Waals surface area contributed by atoms with E-state index in [1.807, 2.05) is 0 Å². The second-order valence-electron chi connectivity index (χ2n) is 6.84. The van der Waals surface area contributed by atoms with Crippen molar-refractivity contribution in [1.29, 1.82) is 0 Å². The fourth-order valence-electron chi connectivity index (χ4n) is 2.98. The Bertz CT molecular complexity index is 1220. The van der Waals surface area contributed by atoms with Gasteiger partial charge < -0.3 is 9.57 Å². The van der Waals surface area contributed by atoms with Gasteiger partial charge in [-0.2, -0.15) is 0 Å². The van der Waals surface area contributed by atoms with Gasteiger partial charge in [-0.15, -0.1) is 0 Å². The third-order valence-corrected chi connectivity index (χ3v) is 5.89. The van der Waals surface area contributed by atoms with Crippen molar-refractivity contribution in [3.8, 4) is 5.69 Å². The smallest absolute Gasteiger partial charge is 0.353 e. The van der Waals surface area contributed by atoms with Gasteiger partial charge >= 0.3 is 17.3 Å². The molecule has 12 heteroatoms. The van der Waals surface area contributed by atoms with Crippen LogP contribution in [0.15, 0.2) is 31.4 Å². The normalized spacial score (nSPS) is 18.1. The van der Waals surface area contributed by atoms with E-state index in [0.717, 1.165) is 15.2 Å². The van der Waals surface area contributed by atoms with E-state index < -0.39 is 28.8 Å². The molecule has 0 saturated carbocycles. The summed E-state index contributed by atoms with van der Waals surface area (Å²) in [5, 5.41) is 3.95. The zero-order valence-corrected chi connectivity index (χ0v) is 19.0. The number of carbonyl (C=O) groups is 1. The maximum atomic E-state index is 14.8. The zero-order chi connectivity index (χ0) is 22.4. The van der Waals surface area contributed by atoms with Gasteiger partial charge in [0.05, 0.1) is 18.0 Å². The average Bonchev–Trinajstić information content (AvgIpc) is 3.10. The van der Waals surface area contributed by atoms with Crippen molar-refractivity contribution < 1.29 is 18.8 Å². The summed E-state index contributed by atoms with van der Waals surface area (Å²) in [6, 6.07) is 2.41. The maximum absolute atomic E-state index is 14.8. The van der Waals surface area contributed by atoms with Crippen LogP contribution in [-0.4, -0.2) is 37.6 Å². The number of benzene rings is 1. The minimum atomic E-state index is -1.33. The van der Waals surface area contributed by atoms with E-state index in [4.69, 9.17) is 21.8 Å². The van der Waals surface area contributed by atoms with Crippen LogP contribution < -0.4 is 11.4 Å². The molecule has 0 N–H and O–H groups in total. The molecule has 0 bridgehead atoms. The molecule has 160 valence electrons. The standard InChI is InChI=1S/C18H18BrFN4O5S/c1-5-28-14(25)18(2)8-12(21-29-18)9-6-13(11(20)7-10(9)19)24-15(26)22(3)17(30)23(4)16(24)27/h6-7H,5,8H2,1-4H3/t18-/m0/s1. The van der Waals surface area contributed by atoms with Crippen LogP contribution in [0, 0.1) is 10.6 Å². The summed E-state index contributed by atoms with van der Waals surface area (Å²) in [7, 11) is 2.77. The van der Waals surface area contributed by atoms with Crippen molar-refractivity contribution in [3.63, 3.8) is 0 Å². The fraction of sp³-hybridized carbons (Fsp3) is 0.389. The second-order valence-corrected chi connectivity index (χ2v) is 8.06. The Morgan fingerprint density at radius 3 is 2.50 bits per heavy atom. The predicted octanol–water partition coefficient (Wildman–Crippen LogP) is 1.95. The van der Waals surface area contributed by atoms with Crippen molar-refractivity contribution in [2.45, 2.75) is 25.9 Å². The van der Waals surface area contributed by atoms with Crippen LogP contribution >= 0.6 is 28.1 Å². The van der Waals surface area contributed by atoms with E-state index in [1.54, 1.807) is 6.92 Å². The highest BCUT2D eigenvalue weighted by Gasteiger charge is 2.44. The Morgan fingerprint density at radius 2 is 1.93 bits per heavy atom. The van der Waals surface area contributed by atoms with Gasteiger partial charge in [0.1, 0.15) is 5.82 Å². The molecule has 1 atom stereocenters. The fourth-order valence-corrected chi connectivity index (χ4v) is 3.68. The molecule has 0 aliphatic carbocycles. The number of oxime groups is 1. The molecule has 0 spiro atoms. The van der Waals surface area contributed by atoms with Gasteiger partial charge in [-0.1, -0.05) is 5.16 Å². The van der Waals surface area contributed by atoms with E-state index in [2.05, 4.69) is 21.1 Å². The van der Waals surface area contributed by atoms with E-state index >= 15 is 0 Å². The summed E-state index contributed by atoms with van der Waals surface area (Å²) in [4.78, 5) is 42.8. The molecule has 2 aromatic rings. The Kier molecular flexibility index (Phi) is 5.83. The summed E-state index contributed by atoms with van der Waals surface area (Å²) < 4.78 is 22.9. The second kappa shape index (κ2) is 7.91. The summed E-state index contributed by atoms with van der Waals surface area (Å²) >= 11 is 8.31. The van der Waals surface area contributed by atoms with Crippen LogP contribution in [0.2, 0.25) is 0 Å². The topological polar surface area (TPSA) is 96.8 Å². The number of carbonyl (C=O) groups excluding carboxylic acids is 1. The van der Waals surface area contributed by atoms with Gasteiger partial charge in [-0.05, 0) is 54.1 Å². The lowest BCUT2D eigenvalue weighted by molar-refractivity contribution is -0.166. The highest BCUT2D eigenvalue weighted by Crippen LogP contribution is 2.32. The molecule has 0 amide bonds. The number of hydrogen-bond donors (Lipinski definition) is 0. The van der Waals surface area contributed by atoms with Crippen molar-refractivity contribution in [1.82, 2.24) is 13.7 Å². The third-order valence-electron chi connectivity index (χ3n) is 4.69. The highest BCUT2D eigenvalue weighted by atomic mass is 79.9. The monoisotopic (exact) mass is 500 g/mol. The van der Waals surface area contributed by atoms with Crippen molar-refractivity contribution >= 4 is 39.8 Å². The number of nitrogens with zero attached hydrogens (tertiary/aromatic N) is 4. The van der Waals surface area contributed by atoms with Gasteiger partial charge in [0.15, 0.2) is 4.77 Å². The number of rotatable bonds is 4. The lowest BCUT2D eigenvalue weighted by Gasteiger charge is -2.18. The number of halogens is 2. The minimum Gasteiger partial charge on any atom is -0.463 e.